The van der Waals surface area contributed by atoms with Gasteiger partial charge in [0.2, 0.25) is 0 Å². The van der Waals surface area contributed by atoms with Crippen molar-refractivity contribution in [3.8, 4) is 0 Å². The molecule has 0 aromatic rings. The van der Waals surface area contributed by atoms with Crippen LogP contribution in [-0.4, -0.2) is 52.0 Å². The average molecular weight is 498 g/mol. The van der Waals surface area contributed by atoms with E-state index >= 15 is 0 Å². The molecule has 6 heteroatoms. The highest BCUT2D eigenvalue weighted by molar-refractivity contribution is 5.99. The summed E-state index contributed by atoms with van der Waals surface area (Å²) in [5.74, 6) is -0.985. The summed E-state index contributed by atoms with van der Waals surface area (Å²) in [7, 11) is 0. The molecule has 3 heterocycles. The van der Waals surface area contributed by atoms with E-state index in [-0.39, 0.29) is 64.9 Å². The smallest absolute Gasteiger partial charge is 0.303 e. The predicted octanol–water partition coefficient (Wildman–Crippen LogP) is 4.86. The van der Waals surface area contributed by atoms with Crippen molar-refractivity contribution < 1.29 is 24.2 Å². The molecule has 1 spiro atoms. The van der Waals surface area contributed by atoms with Gasteiger partial charge in [-0.05, 0) is 79.6 Å². The second kappa shape index (κ2) is 7.53. The zero-order valence-corrected chi connectivity index (χ0v) is 22.8. The predicted molar refractivity (Wildman–Crippen MR) is 135 cm³/mol. The number of aliphatic carboxylic acids is 1. The van der Waals surface area contributed by atoms with Gasteiger partial charge in [0.25, 0.3) is 0 Å². The van der Waals surface area contributed by atoms with E-state index in [0.29, 0.717) is 5.92 Å². The summed E-state index contributed by atoms with van der Waals surface area (Å²) in [5, 5.41) is 10.2. The Morgan fingerprint density at radius 2 is 1.89 bits per heavy atom. The van der Waals surface area contributed by atoms with E-state index in [9.17, 15) is 19.5 Å². The Morgan fingerprint density at radius 1 is 1.17 bits per heavy atom. The average Bonchev–Trinajstić information content (AvgIpc) is 3.03. The fraction of sp³-hybridized carbons (Fsp3) is 0.833. The summed E-state index contributed by atoms with van der Waals surface area (Å²) >= 11 is 0. The highest BCUT2D eigenvalue weighted by Crippen LogP contribution is 2.73. The third kappa shape index (κ3) is 2.95. The normalized spacial score (nSPS) is 54.2. The summed E-state index contributed by atoms with van der Waals surface area (Å²) in [4.78, 5) is 42.7. The van der Waals surface area contributed by atoms with Gasteiger partial charge in [0.15, 0.2) is 5.78 Å². The topological polar surface area (TPSA) is 83.9 Å². The van der Waals surface area contributed by atoms with Crippen LogP contribution in [0.5, 0.6) is 0 Å². The van der Waals surface area contributed by atoms with E-state index in [1.54, 1.807) is 6.08 Å². The van der Waals surface area contributed by atoms with Crippen LogP contribution in [0, 0.1) is 45.8 Å². The van der Waals surface area contributed by atoms with Gasteiger partial charge in [-0.15, -0.1) is 0 Å². The number of Topliss-reactive ketones (excluding diaryl/α,β-unsaturated/α-hetero) is 1. The molecular formula is C30H43NO5. The van der Waals surface area contributed by atoms with Crippen LogP contribution in [-0.2, 0) is 19.1 Å². The molecule has 2 saturated carbocycles. The lowest BCUT2D eigenvalue weighted by molar-refractivity contribution is -0.263. The first-order valence-electron chi connectivity index (χ1n) is 14.2. The molecule has 3 aliphatic carbocycles. The zero-order valence-electron chi connectivity index (χ0n) is 22.8. The van der Waals surface area contributed by atoms with Gasteiger partial charge in [0, 0.05) is 30.3 Å². The van der Waals surface area contributed by atoms with Crippen LogP contribution in [0.1, 0.15) is 86.5 Å². The number of hydrogen-bond donors (Lipinski definition) is 1. The van der Waals surface area contributed by atoms with Crippen molar-refractivity contribution in [1.82, 2.24) is 4.90 Å². The largest absolute Gasteiger partial charge is 0.481 e. The molecule has 0 radical (unpaired) electrons. The minimum Gasteiger partial charge on any atom is -0.481 e. The number of nitrogens with zero attached hydrogens (tertiary/aromatic N) is 1. The molecule has 36 heavy (non-hydrogen) atoms. The van der Waals surface area contributed by atoms with Crippen molar-refractivity contribution in [2.24, 2.45) is 45.8 Å². The summed E-state index contributed by atoms with van der Waals surface area (Å²) < 4.78 is 6.73. The van der Waals surface area contributed by atoms with E-state index in [1.165, 1.54) is 0 Å². The fourth-order valence-corrected chi connectivity index (χ4v) is 10.8. The molecule has 3 saturated heterocycles. The second-order valence-corrected chi connectivity index (χ2v) is 14.4. The number of ether oxygens (including phenoxy) is 1. The standard InChI is InChI=1S/C30H43NO5/c1-16-10-20-24(21(32)11-16)18(3)25(35)26-27(20,4)13-22-28(5,29(26,6)14-23(33)34)7-8-30-12-17(2)9-19(36-30)15-31(22)30/h11,17-20,22,24,26H,7-10,12-15H2,1-6H3,(H,33,34). The lowest BCUT2D eigenvalue weighted by atomic mass is 9.34. The number of ketones is 2. The monoisotopic (exact) mass is 497 g/mol. The summed E-state index contributed by atoms with van der Waals surface area (Å²) in [5.41, 5.74) is -0.630. The highest BCUT2D eigenvalue weighted by Gasteiger charge is 2.74. The molecule has 0 aromatic carbocycles. The number of piperidine rings is 1. The first-order chi connectivity index (χ1) is 16.8. The number of carboxylic acids is 1. The highest BCUT2D eigenvalue weighted by atomic mass is 16.5. The zero-order chi connectivity index (χ0) is 26.0. The Hall–Kier alpha value is -1.53. The van der Waals surface area contributed by atoms with Gasteiger partial charge in [0.05, 0.1) is 12.5 Å². The fourth-order valence-electron chi connectivity index (χ4n) is 10.8. The first-order valence-corrected chi connectivity index (χ1v) is 14.2. The summed E-state index contributed by atoms with van der Waals surface area (Å²) in [6.07, 6.45) is 7.49. The number of allylic oxidation sites excluding steroid dienone is 2. The molecular weight excluding hydrogens is 454 g/mol. The molecule has 6 rings (SSSR count). The van der Waals surface area contributed by atoms with E-state index in [4.69, 9.17) is 4.74 Å². The third-order valence-corrected chi connectivity index (χ3v) is 12.4. The SMILES string of the molecule is CC1=CC(=O)C2C(C)C(=O)C3C(C)(CC4N5CC6CC(C)CC5(CCC4(C)C3(C)CC(=O)O)O6)C2C1. The number of carbonyl (C=O) groups excluding carboxylic acids is 2. The van der Waals surface area contributed by atoms with Gasteiger partial charge in [-0.25, -0.2) is 0 Å². The van der Waals surface area contributed by atoms with Crippen molar-refractivity contribution in [3.05, 3.63) is 11.6 Å². The van der Waals surface area contributed by atoms with Crippen LogP contribution < -0.4 is 0 Å². The van der Waals surface area contributed by atoms with Crippen molar-refractivity contribution in [2.45, 2.75) is 104 Å². The molecule has 0 aromatic heterocycles. The minimum atomic E-state index is -0.828. The lowest BCUT2D eigenvalue weighted by Crippen LogP contribution is -2.74. The van der Waals surface area contributed by atoms with Gasteiger partial charge in [-0.2, -0.15) is 0 Å². The van der Waals surface area contributed by atoms with Crippen molar-refractivity contribution in [3.63, 3.8) is 0 Å². The van der Waals surface area contributed by atoms with Crippen LogP contribution in [0.2, 0.25) is 0 Å². The number of fused-ring (bicyclic) bond motifs is 6. The molecule has 6 nitrogen and oxygen atoms in total. The second-order valence-electron chi connectivity index (χ2n) is 14.4. The Bertz CT molecular complexity index is 1070. The summed E-state index contributed by atoms with van der Waals surface area (Å²) in [6.45, 7) is 13.8. The lowest BCUT2D eigenvalue weighted by Gasteiger charge is -2.72. The molecule has 11 atom stereocenters. The maximum absolute atomic E-state index is 14.3. The molecule has 198 valence electrons. The van der Waals surface area contributed by atoms with E-state index < -0.39 is 16.8 Å². The van der Waals surface area contributed by atoms with Crippen LogP contribution in [0.3, 0.4) is 0 Å². The van der Waals surface area contributed by atoms with Crippen molar-refractivity contribution >= 4 is 17.5 Å². The van der Waals surface area contributed by atoms with Gasteiger partial charge in [0.1, 0.15) is 11.5 Å². The molecule has 11 unspecified atom stereocenters. The Balaban J connectivity index is 1.53. The summed E-state index contributed by atoms with van der Waals surface area (Å²) in [6, 6.07) is 0.135. The number of rotatable bonds is 2. The van der Waals surface area contributed by atoms with E-state index in [1.807, 2.05) is 13.8 Å². The Labute approximate surface area is 215 Å². The Morgan fingerprint density at radius 3 is 2.58 bits per heavy atom. The Kier molecular flexibility index (Phi) is 5.18. The van der Waals surface area contributed by atoms with Gasteiger partial charge in [-0.3, -0.25) is 19.3 Å². The van der Waals surface area contributed by atoms with E-state index in [0.717, 1.165) is 50.6 Å². The van der Waals surface area contributed by atoms with Crippen LogP contribution in [0.15, 0.2) is 11.6 Å². The molecule has 6 aliphatic rings. The first kappa shape index (κ1) is 24.8. The van der Waals surface area contributed by atoms with Gasteiger partial charge in [-0.1, -0.05) is 40.2 Å². The minimum absolute atomic E-state index is 0.0135. The number of carbonyl (C=O) groups is 3. The molecule has 5 fully saturated rings. The molecule has 3 aliphatic heterocycles. The van der Waals surface area contributed by atoms with Gasteiger partial charge < -0.3 is 9.84 Å². The van der Waals surface area contributed by atoms with Crippen molar-refractivity contribution in [2.75, 3.05) is 6.54 Å². The molecule has 1 N–H and O–H groups in total. The van der Waals surface area contributed by atoms with E-state index in [2.05, 4.69) is 32.6 Å². The molecule has 0 amide bonds. The number of hydrogen-bond acceptors (Lipinski definition) is 5. The third-order valence-electron chi connectivity index (χ3n) is 12.4. The van der Waals surface area contributed by atoms with Crippen LogP contribution >= 0.6 is 0 Å². The maximum atomic E-state index is 14.3. The van der Waals surface area contributed by atoms with Crippen LogP contribution in [0.4, 0.5) is 0 Å². The van der Waals surface area contributed by atoms with Crippen molar-refractivity contribution in [1.29, 1.82) is 0 Å². The molecule has 2 bridgehead atoms. The van der Waals surface area contributed by atoms with Crippen LogP contribution in [0.25, 0.3) is 0 Å². The van der Waals surface area contributed by atoms with Gasteiger partial charge >= 0.3 is 5.97 Å². The quantitative estimate of drug-likeness (QED) is 0.587. The number of carboxylic acid groups (broad SMARTS) is 1. The maximum Gasteiger partial charge on any atom is 0.303 e.